The predicted octanol–water partition coefficient (Wildman–Crippen LogP) is 3.88. The maximum absolute atomic E-state index is 14.0. The first-order chi connectivity index (χ1) is 13.6. The summed E-state index contributed by atoms with van der Waals surface area (Å²) in [4.78, 5) is 12.3. The van der Waals surface area contributed by atoms with Crippen molar-refractivity contribution in [1.29, 1.82) is 0 Å². The molecular weight excluding hydrogens is 400 g/mol. The van der Waals surface area contributed by atoms with E-state index in [2.05, 4.69) is 0 Å². The highest BCUT2D eigenvalue weighted by atomic mass is 32.2. The highest BCUT2D eigenvalue weighted by molar-refractivity contribution is 7.87. The Balaban J connectivity index is 1.97. The van der Waals surface area contributed by atoms with E-state index in [0.717, 1.165) is 6.07 Å². The van der Waals surface area contributed by atoms with E-state index in [4.69, 9.17) is 9.92 Å². The fourth-order valence-electron chi connectivity index (χ4n) is 3.77. The molecule has 5 nitrogen and oxygen atoms in total. The molecule has 156 valence electrons. The van der Waals surface area contributed by atoms with Gasteiger partial charge in [0, 0.05) is 17.5 Å². The lowest BCUT2D eigenvalue weighted by Crippen LogP contribution is -2.50. The molecule has 2 aromatic carbocycles. The molecule has 1 saturated carbocycles. The zero-order valence-electron chi connectivity index (χ0n) is 16.2. The monoisotopic (exact) mass is 423 g/mol. The van der Waals surface area contributed by atoms with Crippen molar-refractivity contribution in [3.8, 4) is 11.1 Å². The van der Waals surface area contributed by atoms with Gasteiger partial charge in [-0.25, -0.2) is 8.78 Å². The molecule has 2 unspecified atom stereocenters. The first-order valence-corrected chi connectivity index (χ1v) is 10.8. The minimum atomic E-state index is -3.97. The molecule has 2 atom stereocenters. The zero-order chi connectivity index (χ0) is 21.4. The van der Waals surface area contributed by atoms with Gasteiger partial charge in [-0.2, -0.15) is 8.42 Å². The molecule has 1 aliphatic rings. The molecule has 0 bridgehead atoms. The molecular formula is C21H23F2NO4S. The lowest BCUT2D eigenvalue weighted by molar-refractivity contribution is -0.134. The minimum absolute atomic E-state index is 0.202. The van der Waals surface area contributed by atoms with Gasteiger partial charge in [-0.05, 0) is 56.4 Å². The number of carbonyl (C=O) groups excluding carboxylic acids is 1. The molecule has 0 saturated heterocycles. The fraction of sp³-hybridized carbons (Fsp3) is 0.381. The van der Waals surface area contributed by atoms with Crippen LogP contribution < -0.4 is 5.73 Å². The number of amides is 1. The van der Waals surface area contributed by atoms with Crippen LogP contribution in [0.25, 0.3) is 11.1 Å². The first-order valence-electron chi connectivity index (χ1n) is 9.36. The Morgan fingerprint density at radius 2 is 1.83 bits per heavy atom. The van der Waals surface area contributed by atoms with Crippen LogP contribution in [0.3, 0.4) is 0 Å². The van der Waals surface area contributed by atoms with Crippen LogP contribution in [-0.2, 0) is 19.1 Å². The zero-order valence-corrected chi connectivity index (χ0v) is 17.0. The molecule has 0 aromatic heterocycles. The highest BCUT2D eigenvalue weighted by Gasteiger charge is 2.53. The van der Waals surface area contributed by atoms with Crippen LogP contribution in [0, 0.1) is 11.6 Å². The van der Waals surface area contributed by atoms with Gasteiger partial charge in [0.05, 0.1) is 5.25 Å². The lowest BCUT2D eigenvalue weighted by Gasteiger charge is -2.32. The van der Waals surface area contributed by atoms with Crippen molar-refractivity contribution in [3.63, 3.8) is 0 Å². The molecule has 1 amide bonds. The van der Waals surface area contributed by atoms with Crippen LogP contribution >= 0.6 is 0 Å². The van der Waals surface area contributed by atoms with Crippen molar-refractivity contribution >= 4 is 16.0 Å². The normalized spacial score (nSPS) is 22.2. The van der Waals surface area contributed by atoms with Crippen molar-refractivity contribution in [2.24, 2.45) is 5.73 Å². The number of primary amides is 1. The SMILES string of the molecule is CC(C)S(=O)(=O)OC1(C(N)=O)CCCC1c1ccc(-c2ccc(F)cc2F)cc1. The average Bonchev–Trinajstić information content (AvgIpc) is 3.06. The van der Waals surface area contributed by atoms with Gasteiger partial charge >= 0.3 is 0 Å². The average molecular weight is 423 g/mol. The summed E-state index contributed by atoms with van der Waals surface area (Å²) in [6, 6.07) is 10.0. The van der Waals surface area contributed by atoms with Gasteiger partial charge in [-0.1, -0.05) is 24.3 Å². The summed E-state index contributed by atoms with van der Waals surface area (Å²) in [6.45, 7) is 2.94. The van der Waals surface area contributed by atoms with E-state index in [1.54, 1.807) is 24.3 Å². The van der Waals surface area contributed by atoms with Crippen LogP contribution in [0.4, 0.5) is 8.78 Å². The smallest absolute Gasteiger partial charge is 0.270 e. The van der Waals surface area contributed by atoms with Gasteiger partial charge in [0.25, 0.3) is 16.0 Å². The van der Waals surface area contributed by atoms with E-state index in [1.807, 2.05) is 0 Å². The fourth-order valence-corrected chi connectivity index (χ4v) is 4.66. The largest absolute Gasteiger partial charge is 0.367 e. The van der Waals surface area contributed by atoms with Crippen LogP contribution in [0.15, 0.2) is 42.5 Å². The Hall–Kier alpha value is -2.32. The maximum atomic E-state index is 14.0. The Morgan fingerprint density at radius 1 is 1.17 bits per heavy atom. The van der Waals surface area contributed by atoms with E-state index in [9.17, 15) is 22.0 Å². The molecule has 8 heteroatoms. The number of hydrogen-bond donors (Lipinski definition) is 1. The molecule has 0 radical (unpaired) electrons. The molecule has 0 spiro atoms. The summed E-state index contributed by atoms with van der Waals surface area (Å²) in [7, 11) is -3.97. The Labute approximate surface area is 169 Å². The second-order valence-corrected chi connectivity index (χ2v) is 9.66. The van der Waals surface area contributed by atoms with Gasteiger partial charge in [0.1, 0.15) is 11.6 Å². The Bertz CT molecular complexity index is 1020. The molecule has 0 heterocycles. The van der Waals surface area contributed by atoms with Gasteiger partial charge in [0.15, 0.2) is 5.60 Å². The van der Waals surface area contributed by atoms with Crippen molar-refractivity contribution < 1.29 is 26.2 Å². The minimum Gasteiger partial charge on any atom is -0.367 e. The summed E-state index contributed by atoms with van der Waals surface area (Å²) >= 11 is 0. The third-order valence-electron chi connectivity index (χ3n) is 5.42. The van der Waals surface area contributed by atoms with Crippen LogP contribution in [0.1, 0.15) is 44.6 Å². The number of carbonyl (C=O) groups is 1. The topological polar surface area (TPSA) is 86.5 Å². The van der Waals surface area contributed by atoms with Gasteiger partial charge in [-0.15, -0.1) is 0 Å². The van der Waals surface area contributed by atoms with Gasteiger partial charge in [-0.3, -0.25) is 8.98 Å². The second kappa shape index (κ2) is 7.84. The number of rotatable bonds is 6. The first kappa shape index (κ1) is 21.4. The number of halogens is 2. The standard InChI is InChI=1S/C21H23F2NO4S/c1-13(2)29(26,27)28-21(20(24)25)11-3-4-18(21)15-7-5-14(6-8-15)17-10-9-16(22)12-19(17)23/h5-10,12-13,18H,3-4,11H2,1-2H3,(H2,24,25). The Morgan fingerprint density at radius 3 is 2.38 bits per heavy atom. The van der Waals surface area contributed by atoms with Crippen molar-refractivity contribution in [2.45, 2.75) is 49.9 Å². The summed E-state index contributed by atoms with van der Waals surface area (Å²) in [5.74, 6) is -2.71. The molecule has 1 fully saturated rings. The summed E-state index contributed by atoms with van der Waals surface area (Å²) in [5, 5.41) is -0.816. The predicted molar refractivity (Wildman–Crippen MR) is 105 cm³/mol. The van der Waals surface area contributed by atoms with E-state index in [0.29, 0.717) is 24.0 Å². The van der Waals surface area contributed by atoms with E-state index < -0.39 is 44.4 Å². The molecule has 2 aromatic rings. The van der Waals surface area contributed by atoms with Crippen LogP contribution in [-0.4, -0.2) is 25.2 Å². The van der Waals surface area contributed by atoms with Gasteiger partial charge in [0.2, 0.25) is 0 Å². The molecule has 1 aliphatic carbocycles. The van der Waals surface area contributed by atoms with Crippen molar-refractivity contribution in [1.82, 2.24) is 0 Å². The molecule has 0 aliphatic heterocycles. The Kier molecular flexibility index (Phi) is 5.78. The molecule has 29 heavy (non-hydrogen) atoms. The van der Waals surface area contributed by atoms with Crippen LogP contribution in [0.2, 0.25) is 0 Å². The maximum Gasteiger partial charge on any atom is 0.270 e. The third-order valence-corrected chi connectivity index (χ3v) is 7.10. The van der Waals surface area contributed by atoms with E-state index in [1.165, 1.54) is 26.0 Å². The lowest BCUT2D eigenvalue weighted by atomic mass is 9.84. The summed E-state index contributed by atoms with van der Waals surface area (Å²) < 4.78 is 57.3. The number of nitrogens with two attached hydrogens (primary N) is 1. The quantitative estimate of drug-likeness (QED) is 0.715. The second-order valence-electron chi connectivity index (χ2n) is 7.57. The summed E-state index contributed by atoms with van der Waals surface area (Å²) in [5.41, 5.74) is 5.41. The van der Waals surface area contributed by atoms with E-state index in [-0.39, 0.29) is 12.0 Å². The third kappa shape index (κ3) is 4.04. The number of benzene rings is 2. The van der Waals surface area contributed by atoms with Gasteiger partial charge < -0.3 is 5.73 Å². The molecule has 2 N–H and O–H groups in total. The number of hydrogen-bond acceptors (Lipinski definition) is 4. The highest BCUT2D eigenvalue weighted by Crippen LogP contribution is 2.47. The van der Waals surface area contributed by atoms with Crippen LogP contribution in [0.5, 0.6) is 0 Å². The van der Waals surface area contributed by atoms with Crippen molar-refractivity contribution in [3.05, 3.63) is 59.7 Å². The molecule has 3 rings (SSSR count). The van der Waals surface area contributed by atoms with Crippen molar-refractivity contribution in [2.75, 3.05) is 0 Å². The summed E-state index contributed by atoms with van der Waals surface area (Å²) in [6.07, 6.45) is 1.31. The van der Waals surface area contributed by atoms with E-state index >= 15 is 0 Å².